The Hall–Kier alpha value is -3.94. The molecule has 0 aliphatic carbocycles. The molecule has 0 aliphatic rings. The third-order valence-electron chi connectivity index (χ3n) is 5.10. The van der Waals surface area contributed by atoms with Crippen LogP contribution in [0.2, 0.25) is 0 Å². The summed E-state index contributed by atoms with van der Waals surface area (Å²) in [6.07, 6.45) is -4.52. The Balaban J connectivity index is 1.55. The van der Waals surface area contributed by atoms with Crippen LogP contribution in [0.3, 0.4) is 0 Å². The van der Waals surface area contributed by atoms with Crippen LogP contribution in [-0.4, -0.2) is 28.7 Å². The first-order valence-corrected chi connectivity index (χ1v) is 11.4. The molecule has 0 atom stereocenters. The van der Waals surface area contributed by atoms with E-state index < -0.39 is 49.0 Å². The number of hydrogen-bond acceptors (Lipinski definition) is 5. The second kappa shape index (κ2) is 8.93. The van der Waals surface area contributed by atoms with Gasteiger partial charge in [0.05, 0.1) is 26.5 Å². The SMILES string of the molecule is O=C(NCc1ccc(S(=O)(=O)c2ccc(C(F)(F)F)cc2C(F)(F)F)cc1)c1cnc2nccn2c1. The lowest BCUT2D eigenvalue weighted by atomic mass is 10.1. The maximum absolute atomic E-state index is 13.4. The van der Waals surface area contributed by atoms with E-state index in [0.29, 0.717) is 17.4 Å². The van der Waals surface area contributed by atoms with Gasteiger partial charge in [0.1, 0.15) is 0 Å². The second-order valence-corrected chi connectivity index (χ2v) is 9.43. The number of sulfone groups is 1. The second-order valence-electron chi connectivity index (χ2n) is 7.51. The number of benzene rings is 2. The minimum Gasteiger partial charge on any atom is -0.348 e. The summed E-state index contributed by atoms with van der Waals surface area (Å²) in [6.45, 7) is -0.0464. The molecule has 1 N–H and O–H groups in total. The molecule has 0 aliphatic heterocycles. The summed E-state index contributed by atoms with van der Waals surface area (Å²) in [5, 5.41) is 2.59. The van der Waals surface area contributed by atoms with Gasteiger partial charge in [-0.15, -0.1) is 0 Å². The lowest BCUT2D eigenvalue weighted by Crippen LogP contribution is -2.23. The summed E-state index contributed by atoms with van der Waals surface area (Å²) in [5.41, 5.74) is -2.90. The van der Waals surface area contributed by atoms with Crippen molar-refractivity contribution in [3.63, 3.8) is 0 Å². The van der Waals surface area contributed by atoms with Gasteiger partial charge in [0.2, 0.25) is 15.6 Å². The Morgan fingerprint density at radius 1 is 0.944 bits per heavy atom. The zero-order valence-electron chi connectivity index (χ0n) is 17.8. The predicted octanol–water partition coefficient (Wildman–Crippen LogP) is 4.53. The lowest BCUT2D eigenvalue weighted by Gasteiger charge is -2.16. The Bertz CT molecular complexity index is 1540. The molecule has 0 saturated carbocycles. The first-order valence-electron chi connectivity index (χ1n) is 9.96. The van der Waals surface area contributed by atoms with Crippen LogP contribution in [0.5, 0.6) is 0 Å². The van der Waals surface area contributed by atoms with Crippen LogP contribution in [0.4, 0.5) is 26.3 Å². The highest BCUT2D eigenvalue weighted by molar-refractivity contribution is 7.91. The van der Waals surface area contributed by atoms with Crippen molar-refractivity contribution in [3.05, 3.63) is 89.5 Å². The standard InChI is InChI=1S/C22H14F6N4O3S/c23-21(24,25)15-3-6-18(17(9-15)22(26,27)28)36(34,35)16-4-1-13(2-5-16)10-30-19(33)14-11-31-20-29-7-8-32(20)12-14/h1-9,11-12H,10H2,(H,30,33). The molecule has 2 aromatic heterocycles. The summed E-state index contributed by atoms with van der Waals surface area (Å²) in [4.78, 5) is 18.5. The number of rotatable bonds is 5. The van der Waals surface area contributed by atoms with E-state index in [1.54, 1.807) is 6.20 Å². The summed E-state index contributed by atoms with van der Waals surface area (Å²) in [7, 11) is -4.81. The van der Waals surface area contributed by atoms with Gasteiger partial charge >= 0.3 is 12.4 Å². The van der Waals surface area contributed by atoms with Crippen LogP contribution >= 0.6 is 0 Å². The summed E-state index contributed by atoms with van der Waals surface area (Å²) >= 11 is 0. The molecule has 2 heterocycles. The van der Waals surface area contributed by atoms with Gasteiger partial charge in [-0.1, -0.05) is 12.1 Å². The first-order chi connectivity index (χ1) is 16.8. The fourth-order valence-electron chi connectivity index (χ4n) is 3.29. The molecule has 0 fully saturated rings. The molecule has 0 spiro atoms. The molecule has 36 heavy (non-hydrogen) atoms. The number of alkyl halides is 6. The average molecular weight is 528 g/mol. The third-order valence-corrected chi connectivity index (χ3v) is 6.92. The van der Waals surface area contributed by atoms with Gasteiger partial charge in [-0.3, -0.25) is 9.20 Å². The van der Waals surface area contributed by atoms with Gasteiger partial charge in [-0.2, -0.15) is 26.3 Å². The van der Waals surface area contributed by atoms with Crippen LogP contribution in [0.1, 0.15) is 27.0 Å². The fraction of sp³-hybridized carbons (Fsp3) is 0.136. The molecule has 14 heteroatoms. The molecular weight excluding hydrogens is 514 g/mol. The molecule has 0 bridgehead atoms. The number of imidazole rings is 1. The molecule has 0 unspecified atom stereocenters. The van der Waals surface area contributed by atoms with Crippen molar-refractivity contribution >= 4 is 21.5 Å². The van der Waals surface area contributed by atoms with Gasteiger partial charge in [-0.25, -0.2) is 18.4 Å². The van der Waals surface area contributed by atoms with Gasteiger partial charge in [0.25, 0.3) is 5.91 Å². The van der Waals surface area contributed by atoms with Gasteiger partial charge in [0.15, 0.2) is 0 Å². The molecule has 2 aromatic carbocycles. The highest BCUT2D eigenvalue weighted by Crippen LogP contribution is 2.40. The number of halogens is 6. The molecule has 0 radical (unpaired) electrons. The number of amides is 1. The van der Waals surface area contributed by atoms with E-state index in [9.17, 15) is 39.6 Å². The van der Waals surface area contributed by atoms with E-state index in [-0.39, 0.29) is 24.2 Å². The molecule has 4 rings (SSSR count). The molecule has 0 saturated heterocycles. The number of nitrogens with zero attached hydrogens (tertiary/aromatic N) is 3. The predicted molar refractivity (Wildman–Crippen MR) is 112 cm³/mol. The van der Waals surface area contributed by atoms with Crippen molar-refractivity contribution in [1.29, 1.82) is 0 Å². The Kier molecular flexibility index (Phi) is 6.24. The lowest BCUT2D eigenvalue weighted by molar-refractivity contribution is -0.144. The van der Waals surface area contributed by atoms with E-state index in [2.05, 4.69) is 15.3 Å². The van der Waals surface area contributed by atoms with Gasteiger partial charge < -0.3 is 5.32 Å². The van der Waals surface area contributed by atoms with E-state index in [1.165, 1.54) is 35.1 Å². The highest BCUT2D eigenvalue weighted by atomic mass is 32.2. The van der Waals surface area contributed by atoms with E-state index in [0.717, 1.165) is 12.1 Å². The molecule has 7 nitrogen and oxygen atoms in total. The quantitative estimate of drug-likeness (QED) is 0.385. The number of nitrogens with one attached hydrogen (secondary N) is 1. The Morgan fingerprint density at radius 3 is 2.28 bits per heavy atom. The van der Waals surface area contributed by atoms with Crippen LogP contribution in [0.15, 0.2) is 77.0 Å². The van der Waals surface area contributed by atoms with Crippen molar-refractivity contribution in [2.24, 2.45) is 0 Å². The summed E-state index contributed by atoms with van der Waals surface area (Å²) in [5.74, 6) is -0.0977. The van der Waals surface area contributed by atoms with Crippen molar-refractivity contribution < 1.29 is 39.6 Å². The average Bonchev–Trinajstić information content (AvgIpc) is 3.29. The first kappa shape index (κ1) is 25.2. The van der Waals surface area contributed by atoms with Crippen LogP contribution in [0, 0.1) is 0 Å². The largest absolute Gasteiger partial charge is 0.417 e. The maximum atomic E-state index is 13.4. The monoisotopic (exact) mass is 528 g/mol. The van der Waals surface area contributed by atoms with Crippen LogP contribution in [0.25, 0.3) is 5.78 Å². The van der Waals surface area contributed by atoms with E-state index >= 15 is 0 Å². The molecule has 1 amide bonds. The Morgan fingerprint density at radius 2 is 1.64 bits per heavy atom. The fourth-order valence-corrected chi connectivity index (χ4v) is 4.75. The number of carbonyl (C=O) groups excluding carboxylic acids is 1. The van der Waals surface area contributed by atoms with Crippen molar-refractivity contribution in [1.82, 2.24) is 19.7 Å². The minimum atomic E-state index is -5.34. The van der Waals surface area contributed by atoms with Crippen LogP contribution in [-0.2, 0) is 28.7 Å². The van der Waals surface area contributed by atoms with Gasteiger partial charge in [0, 0.05) is 31.3 Å². The zero-order chi connectivity index (χ0) is 26.3. The van der Waals surface area contributed by atoms with Crippen molar-refractivity contribution in [2.45, 2.75) is 28.7 Å². The third kappa shape index (κ3) is 5.03. The minimum absolute atomic E-state index is 0.0464. The molecular formula is C22H14F6N4O3S. The van der Waals surface area contributed by atoms with E-state index in [4.69, 9.17) is 0 Å². The normalized spacial score (nSPS) is 12.6. The summed E-state index contributed by atoms with van der Waals surface area (Å²) in [6, 6.07) is 4.89. The highest BCUT2D eigenvalue weighted by Gasteiger charge is 2.41. The zero-order valence-corrected chi connectivity index (χ0v) is 18.6. The molecule has 4 aromatic rings. The smallest absolute Gasteiger partial charge is 0.348 e. The number of carbonyl (C=O) groups is 1. The maximum Gasteiger partial charge on any atom is 0.417 e. The van der Waals surface area contributed by atoms with Gasteiger partial charge in [-0.05, 0) is 35.9 Å². The Labute approximate surface area is 199 Å². The van der Waals surface area contributed by atoms with E-state index in [1.807, 2.05) is 0 Å². The number of hydrogen-bond donors (Lipinski definition) is 1. The van der Waals surface area contributed by atoms with Crippen LogP contribution < -0.4 is 5.32 Å². The summed E-state index contributed by atoms with van der Waals surface area (Å²) < 4.78 is 106. The van der Waals surface area contributed by atoms with Crippen molar-refractivity contribution in [3.8, 4) is 0 Å². The van der Waals surface area contributed by atoms with Crippen molar-refractivity contribution in [2.75, 3.05) is 0 Å². The molecule has 188 valence electrons. The number of fused-ring (bicyclic) bond motifs is 1. The number of aromatic nitrogens is 3. The topological polar surface area (TPSA) is 93.4 Å².